The van der Waals surface area contributed by atoms with Gasteiger partial charge in [-0.05, 0) is 36.8 Å². The molecule has 1 atom stereocenters. The van der Waals surface area contributed by atoms with Crippen molar-refractivity contribution >= 4 is 34.8 Å². The number of benzene rings is 2. The van der Waals surface area contributed by atoms with Crippen molar-refractivity contribution in [1.82, 2.24) is 25.1 Å². The highest BCUT2D eigenvalue weighted by atomic mass is 19.1. The van der Waals surface area contributed by atoms with E-state index in [1.165, 1.54) is 23.9 Å². The molecule has 0 saturated carbocycles. The van der Waals surface area contributed by atoms with Crippen LogP contribution in [-0.2, 0) is 16.2 Å². The third-order valence-corrected chi connectivity index (χ3v) is 6.05. The Balaban J connectivity index is 0.000000810. The fraction of sp³-hybridized carbons (Fsp3) is 0.259. The molecule has 13 heteroatoms. The number of primary amides is 1. The van der Waals surface area contributed by atoms with Crippen LogP contribution in [0.25, 0.3) is 22.2 Å². The first kappa shape index (κ1) is 29.8. The Kier molecular flexibility index (Phi) is 9.59. The molecule has 4 rings (SSSR count). The van der Waals surface area contributed by atoms with Crippen molar-refractivity contribution in [1.29, 1.82) is 0 Å². The predicted molar refractivity (Wildman–Crippen MR) is 148 cm³/mol. The van der Waals surface area contributed by atoms with Crippen LogP contribution < -0.4 is 21.5 Å². The molecule has 2 amide bonds. The fourth-order valence-electron chi connectivity index (χ4n) is 3.95. The van der Waals surface area contributed by atoms with Crippen molar-refractivity contribution in [3.8, 4) is 17.0 Å². The van der Waals surface area contributed by atoms with Crippen molar-refractivity contribution in [3.63, 3.8) is 0 Å². The highest BCUT2D eigenvalue weighted by Gasteiger charge is 2.25. The minimum Gasteiger partial charge on any atom is -0.496 e. The molecule has 1 unspecified atom stereocenters. The number of halogens is 1. The molecule has 0 bridgehead atoms. The van der Waals surface area contributed by atoms with E-state index in [1.807, 2.05) is 14.1 Å². The maximum Gasteiger partial charge on any atom is 0.255 e. The molecule has 0 spiro atoms. The van der Waals surface area contributed by atoms with Gasteiger partial charge in [-0.1, -0.05) is 12.1 Å². The molecule has 0 aliphatic carbocycles. The van der Waals surface area contributed by atoms with Crippen LogP contribution in [0.2, 0.25) is 0 Å². The SMILES string of the molecule is CON(C)C.COc1ccc(F)cc1C(=O)NCc1ccc(-c2nn(C(C)C=O)c(N)c2C(N)=O)c2cc[nH]c12. The van der Waals surface area contributed by atoms with E-state index in [9.17, 15) is 18.8 Å². The Bertz CT molecular complexity index is 1530. The molecule has 0 aliphatic rings. The first-order valence-electron chi connectivity index (χ1n) is 12.1. The van der Waals surface area contributed by atoms with E-state index in [1.54, 1.807) is 43.5 Å². The lowest BCUT2D eigenvalue weighted by Gasteiger charge is -2.11. The number of carbonyl (C=O) groups excluding carboxylic acids is 3. The molecule has 0 saturated heterocycles. The molecule has 0 fully saturated rings. The summed E-state index contributed by atoms with van der Waals surface area (Å²) in [4.78, 5) is 43.9. The van der Waals surface area contributed by atoms with Gasteiger partial charge in [-0.15, -0.1) is 0 Å². The van der Waals surface area contributed by atoms with Crippen LogP contribution in [0, 0.1) is 5.82 Å². The second kappa shape index (κ2) is 12.9. The summed E-state index contributed by atoms with van der Waals surface area (Å²) in [5.41, 5.74) is 14.0. The minimum atomic E-state index is -0.772. The van der Waals surface area contributed by atoms with E-state index in [2.05, 4.69) is 20.2 Å². The summed E-state index contributed by atoms with van der Waals surface area (Å²) in [7, 11) is 6.69. The third-order valence-electron chi connectivity index (χ3n) is 6.05. The Labute approximate surface area is 230 Å². The lowest BCUT2D eigenvalue weighted by atomic mass is 10.00. The second-order valence-corrected chi connectivity index (χ2v) is 8.86. The van der Waals surface area contributed by atoms with Crippen molar-refractivity contribution in [3.05, 3.63) is 65.1 Å². The molecular weight excluding hydrogens is 521 g/mol. The summed E-state index contributed by atoms with van der Waals surface area (Å²) in [6, 6.07) is 8.27. The second-order valence-electron chi connectivity index (χ2n) is 8.86. The predicted octanol–water partition coefficient (Wildman–Crippen LogP) is 2.66. The van der Waals surface area contributed by atoms with Gasteiger partial charge < -0.3 is 36.1 Å². The number of fused-ring (bicyclic) bond motifs is 1. The number of nitrogens with one attached hydrogen (secondary N) is 2. The molecule has 0 aliphatic heterocycles. The number of nitrogens with zero attached hydrogens (tertiary/aromatic N) is 3. The lowest BCUT2D eigenvalue weighted by Crippen LogP contribution is -2.23. The van der Waals surface area contributed by atoms with Crippen molar-refractivity contribution in [2.75, 3.05) is 34.0 Å². The van der Waals surface area contributed by atoms with Gasteiger partial charge in [0.25, 0.3) is 11.8 Å². The zero-order valence-corrected chi connectivity index (χ0v) is 22.8. The fourth-order valence-corrected chi connectivity index (χ4v) is 3.95. The zero-order valence-electron chi connectivity index (χ0n) is 22.8. The highest BCUT2D eigenvalue weighted by molar-refractivity contribution is 6.07. The summed E-state index contributed by atoms with van der Waals surface area (Å²) in [6.45, 7) is 1.72. The van der Waals surface area contributed by atoms with Crippen LogP contribution >= 0.6 is 0 Å². The first-order valence-corrected chi connectivity index (χ1v) is 12.1. The maximum absolute atomic E-state index is 13.7. The number of ether oxygens (including phenoxy) is 1. The Morgan fingerprint density at radius 2 is 1.93 bits per heavy atom. The Morgan fingerprint density at radius 1 is 1.23 bits per heavy atom. The number of carbonyl (C=O) groups is 3. The van der Waals surface area contributed by atoms with E-state index in [4.69, 9.17) is 16.2 Å². The van der Waals surface area contributed by atoms with Gasteiger partial charge in [-0.25, -0.2) is 9.07 Å². The monoisotopic (exact) mass is 553 g/mol. The number of nitrogen functional groups attached to an aromatic ring is 1. The van der Waals surface area contributed by atoms with Gasteiger partial charge in [0.05, 0.1) is 25.3 Å². The van der Waals surface area contributed by atoms with Gasteiger partial charge >= 0.3 is 0 Å². The quantitative estimate of drug-likeness (QED) is 0.181. The van der Waals surface area contributed by atoms with Gasteiger partial charge in [0.1, 0.15) is 41.0 Å². The molecule has 212 valence electrons. The average molecular weight is 554 g/mol. The number of aldehydes is 1. The molecule has 6 N–H and O–H groups in total. The van der Waals surface area contributed by atoms with E-state index < -0.39 is 23.7 Å². The van der Waals surface area contributed by atoms with Crippen molar-refractivity contribution < 1.29 is 28.3 Å². The molecule has 0 radical (unpaired) electrons. The number of H-pyrrole nitrogens is 1. The van der Waals surface area contributed by atoms with Gasteiger partial charge in [-0.2, -0.15) is 10.2 Å². The molecule has 2 aromatic heterocycles. The summed E-state index contributed by atoms with van der Waals surface area (Å²) in [6.07, 6.45) is 2.36. The summed E-state index contributed by atoms with van der Waals surface area (Å²) in [5, 5.41) is 9.49. The summed E-state index contributed by atoms with van der Waals surface area (Å²) < 4.78 is 20.1. The van der Waals surface area contributed by atoms with Crippen LogP contribution in [0.4, 0.5) is 10.2 Å². The number of aromatic amines is 1. The molecule has 4 aromatic rings. The normalized spacial score (nSPS) is 11.6. The highest BCUT2D eigenvalue weighted by Crippen LogP contribution is 2.34. The smallest absolute Gasteiger partial charge is 0.255 e. The summed E-state index contributed by atoms with van der Waals surface area (Å²) in [5.74, 6) is -1.58. The lowest BCUT2D eigenvalue weighted by molar-refractivity contribution is -0.110. The van der Waals surface area contributed by atoms with Crippen molar-refractivity contribution in [2.24, 2.45) is 5.73 Å². The topological polar surface area (TPSA) is 171 Å². The van der Waals surface area contributed by atoms with Crippen LogP contribution in [0.5, 0.6) is 5.75 Å². The van der Waals surface area contributed by atoms with Gasteiger partial charge in [0.15, 0.2) is 0 Å². The molecule has 12 nitrogen and oxygen atoms in total. The first-order chi connectivity index (χ1) is 19.0. The van der Waals surface area contributed by atoms with Crippen LogP contribution in [0.1, 0.15) is 39.2 Å². The number of methoxy groups -OCH3 is 1. The number of hydroxylamine groups is 2. The van der Waals surface area contributed by atoms with E-state index >= 15 is 0 Å². The van der Waals surface area contributed by atoms with E-state index in [0.29, 0.717) is 22.8 Å². The van der Waals surface area contributed by atoms with Gasteiger partial charge in [0, 0.05) is 37.8 Å². The van der Waals surface area contributed by atoms with E-state index in [-0.39, 0.29) is 34.9 Å². The third kappa shape index (κ3) is 6.27. The molecule has 2 aromatic carbocycles. The molecule has 2 heterocycles. The Morgan fingerprint density at radius 3 is 2.52 bits per heavy atom. The number of amides is 2. The van der Waals surface area contributed by atoms with Gasteiger partial charge in [-0.3, -0.25) is 9.59 Å². The standard InChI is InChI=1S/C24H23FN6O4.C3H9NO/c1-12(11-32)31-22(26)19(23(27)33)21(30-31)15-5-3-13(20-16(15)7-8-28-20)10-29-24(34)17-9-14(25)4-6-18(17)35-2;1-4(2)5-3/h3-9,11-12,28H,10,26H2,1-2H3,(H2,27,33)(H,29,34);1-3H3. The number of rotatable bonds is 9. The number of hydrogen-bond donors (Lipinski definition) is 4. The van der Waals surface area contributed by atoms with Crippen LogP contribution in [-0.4, -0.2) is 66.2 Å². The maximum atomic E-state index is 13.7. The van der Waals surface area contributed by atoms with Crippen LogP contribution in [0.15, 0.2) is 42.6 Å². The number of nitrogens with two attached hydrogens (primary N) is 2. The number of anilines is 1. The largest absolute Gasteiger partial charge is 0.496 e. The van der Waals surface area contributed by atoms with E-state index in [0.717, 1.165) is 11.6 Å². The summed E-state index contributed by atoms with van der Waals surface area (Å²) >= 11 is 0. The van der Waals surface area contributed by atoms with Crippen LogP contribution in [0.3, 0.4) is 0 Å². The number of hydrogen-bond acceptors (Lipinski definition) is 8. The molecule has 40 heavy (non-hydrogen) atoms. The minimum absolute atomic E-state index is 0.00355. The number of aromatic nitrogens is 3. The molecular formula is C27H32FN7O5. The zero-order chi connectivity index (χ0) is 29.6. The van der Waals surface area contributed by atoms with Gasteiger partial charge in [0.2, 0.25) is 0 Å². The Hall–Kier alpha value is -4.75. The van der Waals surface area contributed by atoms with Crippen molar-refractivity contribution in [2.45, 2.75) is 19.5 Å². The average Bonchev–Trinajstić information content (AvgIpc) is 3.56.